The zero-order valence-electron chi connectivity index (χ0n) is 13.3. The number of nitrogens with one attached hydrogen (secondary N) is 1. The van der Waals surface area contributed by atoms with Gasteiger partial charge < -0.3 is 9.73 Å². The van der Waals surface area contributed by atoms with Gasteiger partial charge in [-0.1, -0.05) is 12.1 Å². The number of hydrogen-bond donors (Lipinski definition) is 1. The minimum Gasteiger partial charge on any atom is -0.401 e. The molecule has 0 unspecified atom stereocenters. The summed E-state index contributed by atoms with van der Waals surface area (Å²) in [4.78, 5) is 21.7. The standard InChI is InChI=1S/C17H13FN4O4/c18-13-3-1-12(2-4-13)11-21-10-9-15(20-21)19-16(23)7-5-14-6-8-17(26-14)22(24)25/h1-10H,11H2,(H,19,20,23)/b7-5+. The van der Waals surface area contributed by atoms with Crippen molar-refractivity contribution in [1.82, 2.24) is 9.78 Å². The van der Waals surface area contributed by atoms with Crippen molar-refractivity contribution in [2.45, 2.75) is 6.54 Å². The first-order valence-electron chi connectivity index (χ1n) is 7.51. The van der Waals surface area contributed by atoms with Crippen molar-refractivity contribution in [3.05, 3.63) is 82.0 Å². The summed E-state index contributed by atoms with van der Waals surface area (Å²) in [7, 11) is 0. The molecule has 1 amide bonds. The molecule has 3 aromatic rings. The van der Waals surface area contributed by atoms with Crippen LogP contribution in [0.25, 0.3) is 6.08 Å². The van der Waals surface area contributed by atoms with Gasteiger partial charge in [0.2, 0.25) is 5.91 Å². The monoisotopic (exact) mass is 356 g/mol. The van der Waals surface area contributed by atoms with E-state index in [1.807, 2.05) is 0 Å². The molecule has 0 aliphatic carbocycles. The van der Waals surface area contributed by atoms with Gasteiger partial charge in [-0.25, -0.2) is 4.39 Å². The Kier molecular flexibility index (Phi) is 4.88. The predicted molar refractivity (Wildman–Crippen MR) is 90.8 cm³/mol. The molecule has 132 valence electrons. The van der Waals surface area contributed by atoms with Gasteiger partial charge in [-0.3, -0.25) is 19.6 Å². The van der Waals surface area contributed by atoms with Crippen molar-refractivity contribution >= 4 is 23.7 Å². The number of hydrogen-bond acceptors (Lipinski definition) is 5. The van der Waals surface area contributed by atoms with Crippen molar-refractivity contribution < 1.29 is 18.5 Å². The molecule has 0 aliphatic heterocycles. The number of halogens is 1. The summed E-state index contributed by atoms with van der Waals surface area (Å²) in [6, 6.07) is 10.2. The molecule has 1 aromatic carbocycles. The van der Waals surface area contributed by atoms with E-state index in [1.54, 1.807) is 29.1 Å². The number of furan rings is 1. The van der Waals surface area contributed by atoms with Gasteiger partial charge in [0.25, 0.3) is 0 Å². The summed E-state index contributed by atoms with van der Waals surface area (Å²) >= 11 is 0. The fourth-order valence-electron chi connectivity index (χ4n) is 2.15. The molecule has 0 saturated carbocycles. The minimum atomic E-state index is -0.662. The largest absolute Gasteiger partial charge is 0.433 e. The van der Waals surface area contributed by atoms with E-state index < -0.39 is 16.7 Å². The molecule has 8 nitrogen and oxygen atoms in total. The van der Waals surface area contributed by atoms with Crippen molar-refractivity contribution in [2.75, 3.05) is 5.32 Å². The molecule has 0 fully saturated rings. The molecule has 2 aromatic heterocycles. The molecule has 0 spiro atoms. The SMILES string of the molecule is O=C(/C=C/c1ccc([N+](=O)[O-])o1)Nc1ccn(Cc2ccc(F)cc2)n1. The smallest absolute Gasteiger partial charge is 0.401 e. The van der Waals surface area contributed by atoms with Crippen LogP contribution in [-0.2, 0) is 11.3 Å². The second-order valence-corrected chi connectivity index (χ2v) is 5.28. The second kappa shape index (κ2) is 7.43. The number of carbonyl (C=O) groups is 1. The number of aromatic nitrogens is 2. The normalized spacial score (nSPS) is 11.0. The lowest BCUT2D eigenvalue weighted by molar-refractivity contribution is -0.402. The highest BCUT2D eigenvalue weighted by atomic mass is 19.1. The molecule has 3 rings (SSSR count). The van der Waals surface area contributed by atoms with Crippen molar-refractivity contribution in [1.29, 1.82) is 0 Å². The van der Waals surface area contributed by atoms with Gasteiger partial charge in [0, 0.05) is 18.3 Å². The Morgan fingerprint density at radius 1 is 1.27 bits per heavy atom. The highest BCUT2D eigenvalue weighted by molar-refractivity contribution is 6.01. The zero-order valence-corrected chi connectivity index (χ0v) is 13.3. The highest BCUT2D eigenvalue weighted by Crippen LogP contribution is 2.16. The first kappa shape index (κ1) is 17.1. The van der Waals surface area contributed by atoms with E-state index in [9.17, 15) is 19.3 Å². The molecule has 0 aliphatic rings. The lowest BCUT2D eigenvalue weighted by Crippen LogP contribution is -2.09. The summed E-state index contributed by atoms with van der Waals surface area (Å²) in [5.74, 6) is -0.641. The van der Waals surface area contributed by atoms with Gasteiger partial charge in [-0.2, -0.15) is 5.10 Å². The van der Waals surface area contributed by atoms with Crippen LogP contribution in [0.2, 0.25) is 0 Å². The molecule has 0 bridgehead atoms. The van der Waals surface area contributed by atoms with Crippen molar-refractivity contribution in [3.8, 4) is 0 Å². The lowest BCUT2D eigenvalue weighted by atomic mass is 10.2. The van der Waals surface area contributed by atoms with Gasteiger partial charge in [-0.05, 0) is 29.8 Å². The number of benzene rings is 1. The van der Waals surface area contributed by atoms with E-state index >= 15 is 0 Å². The molecule has 0 radical (unpaired) electrons. The maximum Gasteiger partial charge on any atom is 0.433 e. The van der Waals surface area contributed by atoms with Crippen LogP contribution in [0.3, 0.4) is 0 Å². The Bertz CT molecular complexity index is 959. The van der Waals surface area contributed by atoms with Crippen molar-refractivity contribution in [3.63, 3.8) is 0 Å². The quantitative estimate of drug-likeness (QED) is 0.415. The van der Waals surface area contributed by atoms with E-state index in [2.05, 4.69) is 10.4 Å². The van der Waals surface area contributed by atoms with E-state index in [0.29, 0.717) is 12.4 Å². The van der Waals surface area contributed by atoms with Gasteiger partial charge in [0.1, 0.15) is 16.5 Å². The van der Waals surface area contributed by atoms with E-state index in [-0.39, 0.29) is 11.6 Å². The Balaban J connectivity index is 1.57. The Morgan fingerprint density at radius 2 is 2.04 bits per heavy atom. The van der Waals surface area contributed by atoms with Crippen LogP contribution in [-0.4, -0.2) is 20.6 Å². The van der Waals surface area contributed by atoms with Crippen LogP contribution in [0.5, 0.6) is 0 Å². The third kappa shape index (κ3) is 4.41. The topological polar surface area (TPSA) is 103 Å². The Morgan fingerprint density at radius 3 is 2.73 bits per heavy atom. The van der Waals surface area contributed by atoms with Gasteiger partial charge in [-0.15, -0.1) is 0 Å². The molecule has 26 heavy (non-hydrogen) atoms. The molecule has 2 heterocycles. The average molecular weight is 356 g/mol. The summed E-state index contributed by atoms with van der Waals surface area (Å²) in [5.41, 5.74) is 0.867. The molecule has 1 N–H and O–H groups in total. The fourth-order valence-corrected chi connectivity index (χ4v) is 2.15. The van der Waals surface area contributed by atoms with E-state index in [1.165, 1.54) is 36.4 Å². The number of nitro groups is 1. The first-order valence-corrected chi connectivity index (χ1v) is 7.51. The maximum atomic E-state index is 12.9. The van der Waals surface area contributed by atoms with E-state index in [0.717, 1.165) is 5.56 Å². The van der Waals surface area contributed by atoms with E-state index in [4.69, 9.17) is 4.42 Å². The maximum absolute atomic E-state index is 12.9. The van der Waals surface area contributed by atoms with Gasteiger partial charge >= 0.3 is 5.88 Å². The third-order valence-corrected chi connectivity index (χ3v) is 3.34. The predicted octanol–water partition coefficient (Wildman–Crippen LogP) is 3.22. The van der Waals surface area contributed by atoms with Crippen LogP contribution in [0.15, 0.2) is 59.2 Å². The average Bonchev–Trinajstić information content (AvgIpc) is 3.25. The fraction of sp³-hybridized carbons (Fsp3) is 0.0588. The third-order valence-electron chi connectivity index (χ3n) is 3.34. The molecule has 0 saturated heterocycles. The number of rotatable bonds is 6. The number of nitrogens with zero attached hydrogens (tertiary/aromatic N) is 3. The summed E-state index contributed by atoms with van der Waals surface area (Å²) < 4.78 is 19.4. The minimum absolute atomic E-state index is 0.189. The van der Waals surface area contributed by atoms with Gasteiger partial charge in [0.05, 0.1) is 12.6 Å². The van der Waals surface area contributed by atoms with Crippen LogP contribution in [0.1, 0.15) is 11.3 Å². The Hall–Kier alpha value is -3.75. The second-order valence-electron chi connectivity index (χ2n) is 5.28. The summed E-state index contributed by atoms with van der Waals surface area (Å²) in [6.45, 7) is 0.433. The summed E-state index contributed by atoms with van der Waals surface area (Å²) in [5, 5.41) is 17.3. The van der Waals surface area contributed by atoms with Crippen LogP contribution >= 0.6 is 0 Å². The highest BCUT2D eigenvalue weighted by Gasteiger charge is 2.10. The Labute approximate surface area is 146 Å². The van der Waals surface area contributed by atoms with Crippen LogP contribution < -0.4 is 5.32 Å². The summed E-state index contributed by atoms with van der Waals surface area (Å²) in [6.07, 6.45) is 4.18. The molecular formula is C17H13FN4O4. The molecule has 0 atom stereocenters. The number of carbonyl (C=O) groups excluding carboxylic acids is 1. The van der Waals surface area contributed by atoms with Crippen LogP contribution in [0.4, 0.5) is 16.1 Å². The zero-order chi connectivity index (χ0) is 18.5. The number of amides is 1. The van der Waals surface area contributed by atoms with Crippen LogP contribution in [0, 0.1) is 15.9 Å². The van der Waals surface area contributed by atoms with Gasteiger partial charge in [0.15, 0.2) is 5.82 Å². The first-order chi connectivity index (χ1) is 12.5. The molecular weight excluding hydrogens is 343 g/mol. The molecule has 9 heteroatoms. The van der Waals surface area contributed by atoms with Crippen molar-refractivity contribution in [2.24, 2.45) is 0 Å². The lowest BCUT2D eigenvalue weighted by Gasteiger charge is -2.02. The number of anilines is 1.